The molecule has 7 nitrogen and oxygen atoms in total. The number of carboxylic acid groups (broad SMARTS) is 1. The number of benzene rings is 2. The molecule has 2 aromatic heterocycles. The number of hydrogen-bond acceptors (Lipinski definition) is 5. The van der Waals surface area contributed by atoms with Crippen LogP contribution in [-0.2, 0) is 11.3 Å². The third kappa shape index (κ3) is 5.03. The Kier molecular flexibility index (Phi) is 6.54. The van der Waals surface area contributed by atoms with E-state index in [9.17, 15) is 14.4 Å². The SMILES string of the molecule is C=c1s/c(=C\c2ccc(-c3ccc(C(=O)O)c(Cl)c3)o2)c(=O)n1CC(=O)Nc1ccc(C)cc1. The van der Waals surface area contributed by atoms with Gasteiger partial charge in [0.05, 0.1) is 19.8 Å². The lowest BCUT2D eigenvalue weighted by Gasteiger charge is -2.05. The van der Waals surface area contributed by atoms with Gasteiger partial charge in [-0.05, 0) is 43.3 Å². The van der Waals surface area contributed by atoms with Gasteiger partial charge in [-0.3, -0.25) is 14.2 Å². The van der Waals surface area contributed by atoms with Gasteiger partial charge in [-0.2, -0.15) is 0 Å². The molecule has 34 heavy (non-hydrogen) atoms. The second-order valence-electron chi connectivity index (χ2n) is 7.51. The van der Waals surface area contributed by atoms with Gasteiger partial charge >= 0.3 is 5.97 Å². The summed E-state index contributed by atoms with van der Waals surface area (Å²) >= 11 is 7.20. The minimum atomic E-state index is -1.12. The summed E-state index contributed by atoms with van der Waals surface area (Å²) < 4.78 is 7.93. The average molecular weight is 495 g/mol. The van der Waals surface area contributed by atoms with Gasteiger partial charge in [0.15, 0.2) is 0 Å². The number of furan rings is 1. The smallest absolute Gasteiger partial charge is 0.337 e. The number of rotatable bonds is 6. The second kappa shape index (κ2) is 9.54. The Morgan fingerprint density at radius 3 is 2.59 bits per heavy atom. The molecule has 2 heterocycles. The van der Waals surface area contributed by atoms with E-state index < -0.39 is 5.97 Å². The van der Waals surface area contributed by atoms with Gasteiger partial charge in [-0.25, -0.2) is 4.79 Å². The molecule has 0 spiro atoms. The summed E-state index contributed by atoms with van der Waals surface area (Å²) in [5.74, 6) is -0.560. The maximum atomic E-state index is 12.9. The molecule has 172 valence electrons. The predicted octanol–water partition coefficient (Wildman–Crippen LogP) is 3.71. The van der Waals surface area contributed by atoms with E-state index in [1.54, 1.807) is 36.4 Å². The van der Waals surface area contributed by atoms with Crippen LogP contribution >= 0.6 is 22.9 Å². The van der Waals surface area contributed by atoms with Crippen LogP contribution in [0.3, 0.4) is 0 Å². The predicted molar refractivity (Wildman–Crippen MR) is 133 cm³/mol. The molecule has 4 rings (SSSR count). The molecular weight excluding hydrogens is 476 g/mol. The van der Waals surface area contributed by atoms with Crippen molar-refractivity contribution >= 4 is 53.2 Å². The fourth-order valence-electron chi connectivity index (χ4n) is 3.26. The van der Waals surface area contributed by atoms with Gasteiger partial charge in [0.25, 0.3) is 5.56 Å². The van der Waals surface area contributed by atoms with Gasteiger partial charge < -0.3 is 14.8 Å². The summed E-state index contributed by atoms with van der Waals surface area (Å²) in [5.41, 5.74) is 1.98. The number of anilines is 1. The Morgan fingerprint density at radius 2 is 1.91 bits per heavy atom. The first-order chi connectivity index (χ1) is 16.2. The number of aromatic carboxylic acids is 1. The maximum absolute atomic E-state index is 12.9. The molecule has 0 saturated heterocycles. The van der Waals surface area contributed by atoms with Gasteiger partial charge in [-0.1, -0.05) is 41.9 Å². The average Bonchev–Trinajstić information content (AvgIpc) is 3.35. The Morgan fingerprint density at radius 1 is 1.18 bits per heavy atom. The number of nitrogens with zero attached hydrogens (tertiary/aromatic N) is 1. The van der Waals surface area contributed by atoms with Crippen molar-refractivity contribution in [2.75, 3.05) is 5.32 Å². The van der Waals surface area contributed by atoms with Crippen molar-refractivity contribution in [3.05, 3.63) is 96.1 Å². The highest BCUT2D eigenvalue weighted by atomic mass is 35.5. The molecule has 0 unspecified atom stereocenters. The molecule has 0 aliphatic heterocycles. The first-order valence-electron chi connectivity index (χ1n) is 10.1. The number of carboxylic acids is 1. The third-order valence-electron chi connectivity index (χ3n) is 5.01. The van der Waals surface area contributed by atoms with E-state index in [0.717, 1.165) is 16.9 Å². The number of halogens is 1. The number of aromatic nitrogens is 1. The van der Waals surface area contributed by atoms with E-state index >= 15 is 0 Å². The number of carbonyl (C=O) groups excluding carboxylic acids is 1. The van der Waals surface area contributed by atoms with Crippen LogP contribution in [0, 0.1) is 6.92 Å². The van der Waals surface area contributed by atoms with E-state index in [0.29, 0.717) is 32.0 Å². The molecule has 0 saturated carbocycles. The van der Waals surface area contributed by atoms with E-state index in [4.69, 9.17) is 21.1 Å². The summed E-state index contributed by atoms with van der Waals surface area (Å²) in [6.45, 7) is 5.68. The van der Waals surface area contributed by atoms with Crippen molar-refractivity contribution in [1.29, 1.82) is 0 Å². The first kappa shape index (κ1) is 23.3. The Bertz CT molecular complexity index is 1560. The van der Waals surface area contributed by atoms with E-state index in [2.05, 4.69) is 11.9 Å². The lowest BCUT2D eigenvalue weighted by atomic mass is 10.1. The Balaban J connectivity index is 1.56. The van der Waals surface area contributed by atoms with Crippen LogP contribution in [0.15, 0.2) is 63.8 Å². The summed E-state index contributed by atoms with van der Waals surface area (Å²) in [5, 5.41) is 12.0. The first-order valence-corrected chi connectivity index (χ1v) is 11.3. The molecule has 2 aromatic carbocycles. The van der Waals surface area contributed by atoms with Crippen molar-refractivity contribution in [3.63, 3.8) is 0 Å². The molecule has 0 aliphatic carbocycles. The fraction of sp³-hybridized carbons (Fsp3) is 0.0800. The molecule has 0 atom stereocenters. The quantitative estimate of drug-likeness (QED) is 0.425. The van der Waals surface area contributed by atoms with Crippen molar-refractivity contribution in [3.8, 4) is 11.3 Å². The number of nitrogens with one attached hydrogen (secondary N) is 1. The lowest BCUT2D eigenvalue weighted by molar-refractivity contribution is -0.116. The summed E-state index contributed by atoms with van der Waals surface area (Å²) in [4.78, 5) is 36.4. The zero-order valence-corrected chi connectivity index (χ0v) is 19.6. The van der Waals surface area contributed by atoms with Crippen LogP contribution in [-0.4, -0.2) is 21.6 Å². The highest BCUT2D eigenvalue weighted by Gasteiger charge is 2.13. The summed E-state index contributed by atoms with van der Waals surface area (Å²) in [6.07, 6.45) is 1.58. The molecule has 1 amide bonds. The minimum Gasteiger partial charge on any atom is -0.478 e. The standard InChI is InChI=1S/C25H19ClN2O5S/c1-14-3-6-17(7-4-14)27-23(29)13-28-15(2)34-22(24(28)30)12-18-8-10-21(33-18)16-5-9-19(25(31)32)20(26)11-16/h3-12H,2,13H2,1H3,(H,27,29)(H,31,32)/b22-12-. The van der Waals surface area contributed by atoms with E-state index in [1.807, 2.05) is 19.1 Å². The molecular formula is C25H19ClN2O5S. The molecule has 0 aliphatic rings. The molecule has 4 aromatic rings. The van der Waals surface area contributed by atoms with Crippen LogP contribution in [0.25, 0.3) is 24.0 Å². The summed E-state index contributed by atoms with van der Waals surface area (Å²) in [6, 6.07) is 15.3. The number of hydrogen-bond donors (Lipinski definition) is 2. The van der Waals surface area contributed by atoms with Crippen molar-refractivity contribution in [1.82, 2.24) is 4.57 Å². The highest BCUT2D eigenvalue weighted by molar-refractivity contribution is 7.07. The topological polar surface area (TPSA) is 102 Å². The Labute approximate surface area is 202 Å². The highest BCUT2D eigenvalue weighted by Crippen LogP contribution is 2.27. The van der Waals surface area contributed by atoms with Crippen LogP contribution in [0.5, 0.6) is 0 Å². The number of amides is 1. The van der Waals surface area contributed by atoms with Crippen LogP contribution < -0.4 is 20.1 Å². The van der Waals surface area contributed by atoms with Crippen LogP contribution in [0.4, 0.5) is 5.69 Å². The molecule has 0 bridgehead atoms. The largest absolute Gasteiger partial charge is 0.478 e. The Hall–Kier alpha value is -3.88. The maximum Gasteiger partial charge on any atom is 0.337 e. The molecule has 9 heteroatoms. The zero-order chi connectivity index (χ0) is 24.4. The minimum absolute atomic E-state index is 0.00251. The lowest BCUT2D eigenvalue weighted by Crippen LogP contribution is -2.35. The van der Waals surface area contributed by atoms with Crippen LogP contribution in [0.1, 0.15) is 21.7 Å². The third-order valence-corrected chi connectivity index (χ3v) is 6.29. The molecule has 2 N–H and O–H groups in total. The van der Waals surface area contributed by atoms with Gasteiger partial charge in [-0.15, -0.1) is 11.3 Å². The van der Waals surface area contributed by atoms with Crippen molar-refractivity contribution in [2.24, 2.45) is 0 Å². The molecule has 0 radical (unpaired) electrons. The van der Waals surface area contributed by atoms with Crippen molar-refractivity contribution in [2.45, 2.75) is 13.5 Å². The monoisotopic (exact) mass is 494 g/mol. The van der Waals surface area contributed by atoms with Gasteiger partial charge in [0.2, 0.25) is 5.91 Å². The van der Waals surface area contributed by atoms with Gasteiger partial charge in [0, 0.05) is 17.3 Å². The molecule has 0 fully saturated rings. The van der Waals surface area contributed by atoms with Crippen LogP contribution in [0.2, 0.25) is 5.02 Å². The summed E-state index contributed by atoms with van der Waals surface area (Å²) in [7, 11) is 0. The van der Waals surface area contributed by atoms with E-state index in [1.165, 1.54) is 16.7 Å². The normalized spacial score (nSPS) is 11.5. The number of aryl methyl sites for hydroxylation is 1. The van der Waals surface area contributed by atoms with E-state index in [-0.39, 0.29) is 28.6 Å². The van der Waals surface area contributed by atoms with Crippen molar-refractivity contribution < 1.29 is 19.1 Å². The number of thiazole rings is 1. The van der Waals surface area contributed by atoms with Gasteiger partial charge in [0.1, 0.15) is 18.1 Å². The second-order valence-corrected chi connectivity index (χ2v) is 9.03. The number of carbonyl (C=O) groups is 2. The fourth-order valence-corrected chi connectivity index (χ4v) is 4.41. The zero-order valence-electron chi connectivity index (χ0n) is 18.0.